The topological polar surface area (TPSA) is 52.1 Å². The van der Waals surface area contributed by atoms with Crippen LogP contribution in [-0.2, 0) is 17.8 Å². The molecule has 6 nitrogen and oxygen atoms in total. The summed E-state index contributed by atoms with van der Waals surface area (Å²) in [6.45, 7) is 9.06. The standard InChI is InChI=1S/C22H35N5O.HI/c1-23-22(24-14-18-8-9-27(16-18)21-6-7-21)25-15-19-4-2-3-5-20(19)17-26-10-12-28-13-11-26;/h2-5,18,21H,6-17H2,1H3,(H2,23,24,25);1H. The number of ether oxygens (including phenoxy) is 1. The van der Waals surface area contributed by atoms with E-state index in [1.165, 1.54) is 43.5 Å². The third kappa shape index (κ3) is 6.80. The first-order chi connectivity index (χ1) is 13.8. The van der Waals surface area contributed by atoms with Crippen molar-refractivity contribution in [3.05, 3.63) is 35.4 Å². The van der Waals surface area contributed by atoms with E-state index in [0.717, 1.165) is 63.9 Å². The molecule has 1 aliphatic carbocycles. The van der Waals surface area contributed by atoms with Crippen molar-refractivity contribution < 1.29 is 4.74 Å². The third-order valence-corrected chi connectivity index (χ3v) is 6.22. The van der Waals surface area contributed by atoms with Crippen molar-refractivity contribution in [2.45, 2.75) is 38.4 Å². The van der Waals surface area contributed by atoms with Gasteiger partial charge in [0.15, 0.2) is 5.96 Å². The van der Waals surface area contributed by atoms with Crippen molar-refractivity contribution >= 4 is 29.9 Å². The summed E-state index contributed by atoms with van der Waals surface area (Å²) in [6.07, 6.45) is 4.13. The van der Waals surface area contributed by atoms with Gasteiger partial charge in [-0.25, -0.2) is 0 Å². The molecular weight excluding hydrogens is 477 g/mol. The molecule has 2 saturated heterocycles. The van der Waals surface area contributed by atoms with Gasteiger partial charge in [0.25, 0.3) is 0 Å². The van der Waals surface area contributed by atoms with Crippen LogP contribution in [0.5, 0.6) is 0 Å². The van der Waals surface area contributed by atoms with Crippen LogP contribution in [0.15, 0.2) is 29.3 Å². The van der Waals surface area contributed by atoms with E-state index in [1.54, 1.807) is 0 Å². The Morgan fingerprint density at radius 2 is 1.83 bits per heavy atom. The Bertz CT molecular complexity index is 660. The highest BCUT2D eigenvalue weighted by molar-refractivity contribution is 14.0. The average Bonchev–Trinajstić information content (AvgIpc) is 3.48. The van der Waals surface area contributed by atoms with Crippen molar-refractivity contribution in [2.75, 3.05) is 53.0 Å². The summed E-state index contributed by atoms with van der Waals surface area (Å²) in [5, 5.41) is 7.06. The number of halogens is 1. The fraction of sp³-hybridized carbons (Fsp3) is 0.682. The van der Waals surface area contributed by atoms with Gasteiger partial charge in [0.05, 0.1) is 13.2 Å². The van der Waals surface area contributed by atoms with Gasteiger partial charge in [0.1, 0.15) is 0 Å². The first-order valence-corrected chi connectivity index (χ1v) is 10.9. The quantitative estimate of drug-likeness (QED) is 0.333. The zero-order valence-electron chi connectivity index (χ0n) is 17.6. The number of rotatable bonds is 7. The predicted octanol–water partition coefficient (Wildman–Crippen LogP) is 2.29. The van der Waals surface area contributed by atoms with E-state index in [0.29, 0.717) is 0 Å². The summed E-state index contributed by atoms with van der Waals surface area (Å²) in [7, 11) is 1.86. The molecule has 1 aromatic carbocycles. The lowest BCUT2D eigenvalue weighted by Crippen LogP contribution is -2.40. The Balaban J connectivity index is 0.00000240. The fourth-order valence-electron chi connectivity index (χ4n) is 4.33. The molecule has 4 rings (SSSR count). The Hall–Kier alpha value is -0.900. The molecular formula is C22H36IN5O. The van der Waals surface area contributed by atoms with Gasteiger partial charge in [-0.15, -0.1) is 24.0 Å². The largest absolute Gasteiger partial charge is 0.379 e. The molecule has 1 aromatic rings. The van der Waals surface area contributed by atoms with Crippen molar-refractivity contribution in [3.63, 3.8) is 0 Å². The monoisotopic (exact) mass is 513 g/mol. The lowest BCUT2D eigenvalue weighted by atomic mass is 10.1. The van der Waals surface area contributed by atoms with E-state index in [1.807, 2.05) is 7.05 Å². The first-order valence-electron chi connectivity index (χ1n) is 10.9. The number of morpholine rings is 1. The minimum Gasteiger partial charge on any atom is -0.379 e. The molecule has 3 aliphatic rings. The average molecular weight is 513 g/mol. The molecule has 0 amide bonds. The summed E-state index contributed by atoms with van der Waals surface area (Å²) < 4.78 is 5.47. The highest BCUT2D eigenvalue weighted by atomic mass is 127. The van der Waals surface area contributed by atoms with Crippen molar-refractivity contribution in [1.29, 1.82) is 0 Å². The molecule has 1 saturated carbocycles. The van der Waals surface area contributed by atoms with E-state index in [2.05, 4.69) is 49.7 Å². The van der Waals surface area contributed by atoms with Gasteiger partial charge in [-0.2, -0.15) is 0 Å². The molecule has 2 N–H and O–H groups in total. The van der Waals surface area contributed by atoms with Gasteiger partial charge in [-0.05, 0) is 42.9 Å². The molecule has 3 fully saturated rings. The summed E-state index contributed by atoms with van der Waals surface area (Å²) in [5.74, 6) is 1.65. The molecule has 2 aliphatic heterocycles. The Morgan fingerprint density at radius 1 is 1.07 bits per heavy atom. The van der Waals surface area contributed by atoms with Crippen LogP contribution in [0.3, 0.4) is 0 Å². The number of nitrogens with one attached hydrogen (secondary N) is 2. The number of hydrogen-bond donors (Lipinski definition) is 2. The maximum atomic E-state index is 5.47. The third-order valence-electron chi connectivity index (χ3n) is 6.22. The van der Waals surface area contributed by atoms with Crippen molar-refractivity contribution in [3.8, 4) is 0 Å². The number of guanidine groups is 1. The van der Waals surface area contributed by atoms with Crippen LogP contribution in [0.25, 0.3) is 0 Å². The summed E-state index contributed by atoms with van der Waals surface area (Å²) in [5.41, 5.74) is 2.74. The van der Waals surface area contributed by atoms with E-state index in [-0.39, 0.29) is 24.0 Å². The number of aliphatic imine (C=N–C) groups is 1. The molecule has 1 unspecified atom stereocenters. The molecule has 2 heterocycles. The van der Waals surface area contributed by atoms with Gasteiger partial charge in [0.2, 0.25) is 0 Å². The molecule has 29 heavy (non-hydrogen) atoms. The van der Waals surface area contributed by atoms with Gasteiger partial charge in [0, 0.05) is 52.4 Å². The zero-order chi connectivity index (χ0) is 19.2. The zero-order valence-corrected chi connectivity index (χ0v) is 19.9. The minimum atomic E-state index is 0. The lowest BCUT2D eigenvalue weighted by molar-refractivity contribution is 0.0341. The Kier molecular flexibility index (Phi) is 9.02. The molecule has 0 spiro atoms. The predicted molar refractivity (Wildman–Crippen MR) is 129 cm³/mol. The van der Waals surface area contributed by atoms with Gasteiger partial charge >= 0.3 is 0 Å². The minimum absolute atomic E-state index is 0. The van der Waals surface area contributed by atoms with E-state index >= 15 is 0 Å². The van der Waals surface area contributed by atoms with Crippen LogP contribution >= 0.6 is 24.0 Å². The lowest BCUT2D eigenvalue weighted by Gasteiger charge is -2.27. The van der Waals surface area contributed by atoms with E-state index in [4.69, 9.17) is 4.74 Å². The Morgan fingerprint density at radius 3 is 2.55 bits per heavy atom. The van der Waals surface area contributed by atoms with Gasteiger partial charge in [-0.1, -0.05) is 24.3 Å². The van der Waals surface area contributed by atoms with Gasteiger partial charge in [-0.3, -0.25) is 9.89 Å². The second-order valence-corrected chi connectivity index (χ2v) is 8.34. The van der Waals surface area contributed by atoms with Gasteiger partial charge < -0.3 is 20.3 Å². The Labute approximate surface area is 192 Å². The molecule has 162 valence electrons. The summed E-state index contributed by atoms with van der Waals surface area (Å²) >= 11 is 0. The van der Waals surface area contributed by atoms with Crippen LogP contribution in [0.1, 0.15) is 30.4 Å². The molecule has 7 heteroatoms. The van der Waals surface area contributed by atoms with Crippen molar-refractivity contribution in [2.24, 2.45) is 10.9 Å². The first kappa shape index (κ1) is 22.8. The smallest absolute Gasteiger partial charge is 0.191 e. The second-order valence-electron chi connectivity index (χ2n) is 8.34. The SMILES string of the molecule is CN=C(NCc1ccccc1CN1CCOCC1)NCC1CCN(C2CC2)C1.I. The number of benzene rings is 1. The normalized spacial score (nSPS) is 23.6. The van der Waals surface area contributed by atoms with Crippen molar-refractivity contribution in [1.82, 2.24) is 20.4 Å². The highest BCUT2D eigenvalue weighted by Gasteiger charge is 2.34. The van der Waals surface area contributed by atoms with Crippen LogP contribution in [0, 0.1) is 5.92 Å². The van der Waals surface area contributed by atoms with Crippen LogP contribution in [0.4, 0.5) is 0 Å². The number of hydrogen-bond acceptors (Lipinski definition) is 4. The molecule has 0 radical (unpaired) electrons. The number of likely N-dealkylation sites (tertiary alicyclic amines) is 1. The van der Waals surface area contributed by atoms with Crippen LogP contribution in [0.2, 0.25) is 0 Å². The summed E-state index contributed by atoms with van der Waals surface area (Å²) in [6, 6.07) is 9.62. The second kappa shape index (κ2) is 11.5. The fourth-order valence-corrected chi connectivity index (χ4v) is 4.33. The molecule has 0 bridgehead atoms. The highest BCUT2D eigenvalue weighted by Crippen LogP contribution is 2.31. The van der Waals surface area contributed by atoms with Crippen LogP contribution < -0.4 is 10.6 Å². The van der Waals surface area contributed by atoms with E-state index < -0.39 is 0 Å². The summed E-state index contributed by atoms with van der Waals surface area (Å²) in [4.78, 5) is 9.57. The van der Waals surface area contributed by atoms with E-state index in [9.17, 15) is 0 Å². The molecule has 1 atom stereocenters. The van der Waals surface area contributed by atoms with Crippen LogP contribution in [-0.4, -0.2) is 74.8 Å². The number of nitrogens with zero attached hydrogens (tertiary/aromatic N) is 3. The molecule has 0 aromatic heterocycles. The maximum Gasteiger partial charge on any atom is 0.191 e. The maximum absolute atomic E-state index is 5.47.